The number of aliphatic carboxylic acids is 1. The predicted molar refractivity (Wildman–Crippen MR) is 79.5 cm³/mol. The first kappa shape index (κ1) is 14.8. The molecule has 0 aliphatic carbocycles. The maximum Gasteiger partial charge on any atom is 0.308 e. The van der Waals surface area contributed by atoms with Gasteiger partial charge in [-0.2, -0.15) is 0 Å². The normalized spacial score (nSPS) is 21.4. The monoisotopic (exact) mass is 306 g/mol. The van der Waals surface area contributed by atoms with Gasteiger partial charge in [0.1, 0.15) is 5.82 Å². The molecule has 1 aromatic carbocycles. The quantitative estimate of drug-likeness (QED) is 0.927. The molecule has 0 saturated carbocycles. The second-order valence-corrected chi connectivity index (χ2v) is 5.94. The minimum Gasteiger partial charge on any atom is -0.481 e. The number of hydrogen-bond acceptors (Lipinski definition) is 3. The van der Waals surface area contributed by atoms with E-state index in [0.29, 0.717) is 18.7 Å². The molecule has 2 fully saturated rings. The molecule has 2 aliphatic rings. The molecule has 3 rings (SSSR count). The molecule has 1 N–H and O–H groups in total. The van der Waals surface area contributed by atoms with Gasteiger partial charge < -0.3 is 14.9 Å². The van der Waals surface area contributed by atoms with Crippen LogP contribution in [0.5, 0.6) is 0 Å². The summed E-state index contributed by atoms with van der Waals surface area (Å²) in [7, 11) is 0. The number of benzene rings is 1. The highest BCUT2D eigenvalue weighted by molar-refractivity contribution is 5.95. The fraction of sp³-hybridized carbons (Fsp3) is 0.500. The van der Waals surface area contributed by atoms with E-state index < -0.39 is 11.9 Å². The third kappa shape index (κ3) is 2.77. The molecule has 0 bridgehead atoms. The van der Waals surface area contributed by atoms with Crippen LogP contribution in [-0.4, -0.2) is 48.1 Å². The number of rotatable bonds is 3. The van der Waals surface area contributed by atoms with Crippen molar-refractivity contribution >= 4 is 17.6 Å². The fourth-order valence-electron chi connectivity index (χ4n) is 3.18. The van der Waals surface area contributed by atoms with Crippen molar-refractivity contribution in [2.45, 2.75) is 19.3 Å². The lowest BCUT2D eigenvalue weighted by Gasteiger charge is -2.20. The summed E-state index contributed by atoms with van der Waals surface area (Å²) in [5.74, 6) is -2.08. The minimum absolute atomic E-state index is 0.198. The van der Waals surface area contributed by atoms with Crippen LogP contribution >= 0.6 is 0 Å². The largest absolute Gasteiger partial charge is 0.481 e. The lowest BCUT2D eigenvalue weighted by molar-refractivity contribution is -0.141. The summed E-state index contributed by atoms with van der Waals surface area (Å²) < 4.78 is 14.2. The number of anilines is 1. The second kappa shape index (κ2) is 5.94. The van der Waals surface area contributed by atoms with Crippen LogP contribution in [-0.2, 0) is 4.79 Å². The van der Waals surface area contributed by atoms with Gasteiger partial charge in [-0.25, -0.2) is 4.39 Å². The van der Waals surface area contributed by atoms with Crippen molar-refractivity contribution in [3.05, 3.63) is 29.6 Å². The molecule has 1 aromatic rings. The molecule has 2 aliphatic heterocycles. The van der Waals surface area contributed by atoms with E-state index in [-0.39, 0.29) is 23.8 Å². The van der Waals surface area contributed by atoms with Crippen LogP contribution in [0, 0.1) is 11.7 Å². The average Bonchev–Trinajstić information content (AvgIpc) is 3.17. The number of carbonyl (C=O) groups is 2. The fourth-order valence-corrected chi connectivity index (χ4v) is 3.18. The van der Waals surface area contributed by atoms with Crippen molar-refractivity contribution in [2.24, 2.45) is 5.92 Å². The summed E-state index contributed by atoms with van der Waals surface area (Å²) in [6, 6.07) is 4.55. The Balaban J connectivity index is 1.73. The molecule has 2 heterocycles. The van der Waals surface area contributed by atoms with Crippen LogP contribution in [0.2, 0.25) is 0 Å². The zero-order valence-electron chi connectivity index (χ0n) is 12.3. The van der Waals surface area contributed by atoms with E-state index in [2.05, 4.69) is 0 Å². The van der Waals surface area contributed by atoms with Crippen molar-refractivity contribution in [1.82, 2.24) is 4.90 Å². The van der Waals surface area contributed by atoms with Crippen LogP contribution in [0.25, 0.3) is 0 Å². The summed E-state index contributed by atoms with van der Waals surface area (Å²) >= 11 is 0. The Labute approximate surface area is 128 Å². The van der Waals surface area contributed by atoms with E-state index in [1.54, 1.807) is 12.1 Å². The Morgan fingerprint density at radius 2 is 1.91 bits per heavy atom. The molecule has 1 amide bonds. The van der Waals surface area contributed by atoms with Crippen molar-refractivity contribution in [1.29, 1.82) is 0 Å². The Bertz CT molecular complexity index is 599. The van der Waals surface area contributed by atoms with E-state index in [4.69, 9.17) is 5.11 Å². The van der Waals surface area contributed by atoms with E-state index in [1.807, 2.05) is 4.90 Å². The van der Waals surface area contributed by atoms with Crippen LogP contribution in [0.3, 0.4) is 0 Å². The van der Waals surface area contributed by atoms with Crippen LogP contribution in [0.1, 0.15) is 29.6 Å². The molecule has 22 heavy (non-hydrogen) atoms. The molecule has 6 heteroatoms. The zero-order chi connectivity index (χ0) is 15.7. The summed E-state index contributed by atoms with van der Waals surface area (Å²) in [5.41, 5.74) is 0.824. The molecule has 0 spiro atoms. The van der Waals surface area contributed by atoms with Gasteiger partial charge >= 0.3 is 5.97 Å². The highest BCUT2D eigenvalue weighted by Gasteiger charge is 2.31. The SMILES string of the molecule is O=C(O)[C@H]1CCN(C(=O)c2ccc(N3CCCC3)c(F)c2)C1. The number of likely N-dealkylation sites (tertiary alicyclic amines) is 1. The van der Waals surface area contributed by atoms with Gasteiger partial charge in [0.05, 0.1) is 11.6 Å². The lowest BCUT2D eigenvalue weighted by atomic mass is 10.1. The van der Waals surface area contributed by atoms with Crippen molar-refractivity contribution in [3.8, 4) is 0 Å². The first-order chi connectivity index (χ1) is 10.6. The summed E-state index contributed by atoms with van der Waals surface area (Å²) in [6.45, 7) is 2.29. The van der Waals surface area contributed by atoms with Crippen molar-refractivity contribution < 1.29 is 19.1 Å². The molecule has 0 aromatic heterocycles. The van der Waals surface area contributed by atoms with E-state index >= 15 is 0 Å². The topological polar surface area (TPSA) is 60.9 Å². The Morgan fingerprint density at radius 1 is 1.18 bits per heavy atom. The smallest absolute Gasteiger partial charge is 0.308 e. The summed E-state index contributed by atoms with van der Waals surface area (Å²) in [6.07, 6.45) is 2.57. The maximum atomic E-state index is 14.2. The van der Waals surface area contributed by atoms with Crippen LogP contribution in [0.15, 0.2) is 18.2 Å². The van der Waals surface area contributed by atoms with Gasteiger partial charge in [-0.3, -0.25) is 9.59 Å². The number of carboxylic acid groups (broad SMARTS) is 1. The van der Waals surface area contributed by atoms with Gasteiger partial charge in [0.15, 0.2) is 0 Å². The summed E-state index contributed by atoms with van der Waals surface area (Å²) in [4.78, 5) is 26.8. The molecular formula is C16H19FN2O3. The minimum atomic E-state index is -0.883. The highest BCUT2D eigenvalue weighted by atomic mass is 19.1. The standard InChI is InChI=1S/C16H19FN2O3/c17-13-9-11(3-4-14(13)18-6-1-2-7-18)15(20)19-8-5-12(10-19)16(21)22/h3-4,9,12H,1-2,5-8,10H2,(H,21,22)/t12-/m0/s1. The molecule has 1 atom stereocenters. The number of halogens is 1. The molecule has 0 unspecified atom stereocenters. The van der Waals surface area contributed by atoms with E-state index in [9.17, 15) is 14.0 Å². The Morgan fingerprint density at radius 3 is 2.50 bits per heavy atom. The molecule has 2 saturated heterocycles. The summed E-state index contributed by atoms with van der Waals surface area (Å²) in [5, 5.41) is 8.98. The first-order valence-electron chi connectivity index (χ1n) is 7.63. The van der Waals surface area contributed by atoms with Crippen molar-refractivity contribution in [2.75, 3.05) is 31.1 Å². The second-order valence-electron chi connectivity index (χ2n) is 5.94. The van der Waals surface area contributed by atoms with Gasteiger partial charge in [-0.15, -0.1) is 0 Å². The lowest BCUT2D eigenvalue weighted by Crippen LogP contribution is -2.30. The molecule has 5 nitrogen and oxygen atoms in total. The van der Waals surface area contributed by atoms with Gasteiger partial charge in [0.2, 0.25) is 0 Å². The number of hydrogen-bond donors (Lipinski definition) is 1. The van der Waals surface area contributed by atoms with Gasteiger partial charge in [-0.1, -0.05) is 0 Å². The number of carboxylic acids is 1. The van der Waals surface area contributed by atoms with E-state index in [0.717, 1.165) is 25.9 Å². The number of nitrogens with zero attached hydrogens (tertiary/aromatic N) is 2. The third-order valence-electron chi connectivity index (χ3n) is 4.47. The maximum absolute atomic E-state index is 14.2. The predicted octanol–water partition coefficient (Wildman–Crippen LogP) is 1.97. The zero-order valence-corrected chi connectivity index (χ0v) is 12.3. The molecular weight excluding hydrogens is 287 g/mol. The first-order valence-corrected chi connectivity index (χ1v) is 7.63. The highest BCUT2D eigenvalue weighted by Crippen LogP contribution is 2.26. The molecule has 118 valence electrons. The third-order valence-corrected chi connectivity index (χ3v) is 4.47. The molecule has 0 radical (unpaired) electrons. The van der Waals surface area contributed by atoms with Gasteiger partial charge in [-0.05, 0) is 37.5 Å². The Kier molecular flexibility index (Phi) is 4.00. The van der Waals surface area contributed by atoms with Crippen molar-refractivity contribution in [3.63, 3.8) is 0 Å². The number of amides is 1. The van der Waals surface area contributed by atoms with Crippen LogP contribution < -0.4 is 4.90 Å². The van der Waals surface area contributed by atoms with Gasteiger partial charge in [0.25, 0.3) is 5.91 Å². The Hall–Kier alpha value is -2.11. The van der Waals surface area contributed by atoms with Crippen LogP contribution in [0.4, 0.5) is 10.1 Å². The van der Waals surface area contributed by atoms with Gasteiger partial charge in [0, 0.05) is 31.7 Å². The van der Waals surface area contributed by atoms with E-state index in [1.165, 1.54) is 11.0 Å². The number of carbonyl (C=O) groups excluding carboxylic acids is 1. The average molecular weight is 306 g/mol.